The monoisotopic (exact) mass is 402 g/mol. The van der Waals surface area contributed by atoms with Crippen molar-refractivity contribution in [1.82, 2.24) is 9.55 Å². The molecule has 2 aliphatic rings. The van der Waals surface area contributed by atoms with Crippen molar-refractivity contribution < 1.29 is 14.3 Å². The highest BCUT2D eigenvalue weighted by Gasteiger charge is 2.22. The lowest BCUT2D eigenvalue weighted by atomic mass is 9.98. The van der Waals surface area contributed by atoms with Crippen LogP contribution >= 0.6 is 11.8 Å². The first-order chi connectivity index (χ1) is 13.7. The van der Waals surface area contributed by atoms with E-state index in [-0.39, 0.29) is 29.5 Å². The molecule has 150 valence electrons. The van der Waals surface area contributed by atoms with Crippen molar-refractivity contribution in [1.29, 1.82) is 0 Å². The number of esters is 1. The lowest BCUT2D eigenvalue weighted by molar-refractivity contribution is -0.147. The smallest absolute Gasteiger partial charge is 0.316 e. The van der Waals surface area contributed by atoms with E-state index in [1.54, 1.807) is 10.6 Å². The maximum Gasteiger partial charge on any atom is 0.316 e. The van der Waals surface area contributed by atoms with Gasteiger partial charge in [0.05, 0.1) is 29.3 Å². The third-order valence-corrected chi connectivity index (χ3v) is 6.36. The van der Waals surface area contributed by atoms with E-state index < -0.39 is 0 Å². The first kappa shape index (κ1) is 19.5. The Morgan fingerprint density at radius 2 is 2.00 bits per heavy atom. The fourth-order valence-electron chi connectivity index (χ4n) is 3.94. The molecular formula is C21H26N2O4S. The van der Waals surface area contributed by atoms with Crippen molar-refractivity contribution >= 4 is 28.6 Å². The number of benzene rings is 1. The Labute approximate surface area is 168 Å². The summed E-state index contributed by atoms with van der Waals surface area (Å²) in [5.74, 6) is -0.0738. The summed E-state index contributed by atoms with van der Waals surface area (Å²) >= 11 is 1.28. The maximum absolute atomic E-state index is 13.0. The van der Waals surface area contributed by atoms with E-state index in [9.17, 15) is 9.59 Å². The Morgan fingerprint density at radius 1 is 1.18 bits per heavy atom. The minimum absolute atomic E-state index is 0.0224. The predicted octanol–water partition coefficient (Wildman–Crippen LogP) is 3.54. The van der Waals surface area contributed by atoms with E-state index >= 15 is 0 Å². The van der Waals surface area contributed by atoms with Crippen LogP contribution in [0, 0.1) is 0 Å². The van der Waals surface area contributed by atoms with Crippen LogP contribution in [0.5, 0.6) is 0 Å². The highest BCUT2D eigenvalue weighted by Crippen LogP contribution is 2.23. The van der Waals surface area contributed by atoms with Crippen molar-refractivity contribution in [3.8, 4) is 0 Å². The fraction of sp³-hybridized carbons (Fsp3) is 0.571. The van der Waals surface area contributed by atoms with Gasteiger partial charge in [0.15, 0.2) is 5.16 Å². The summed E-state index contributed by atoms with van der Waals surface area (Å²) in [5, 5.41) is 1.15. The number of aromatic nitrogens is 2. The topological polar surface area (TPSA) is 70.4 Å². The SMILES string of the molecule is O=C(CSc1nc2ccccc2c(=O)n1CC1CCCO1)OC1CCCCC1. The van der Waals surface area contributed by atoms with Crippen molar-refractivity contribution in [3.05, 3.63) is 34.6 Å². The standard InChI is InChI=1S/C21H26N2O4S/c24-19(27-15-7-2-1-3-8-15)14-28-21-22-18-11-5-4-10-17(18)20(25)23(21)13-16-9-6-12-26-16/h4-5,10-11,15-16H,1-3,6-9,12-14H2. The molecule has 2 heterocycles. The van der Waals surface area contributed by atoms with E-state index in [0.717, 1.165) is 45.1 Å². The summed E-state index contributed by atoms with van der Waals surface area (Å²) in [4.78, 5) is 30.0. The average molecular weight is 403 g/mol. The number of carbonyl (C=O) groups is 1. The van der Waals surface area contributed by atoms with Crippen molar-refractivity contribution in [2.75, 3.05) is 12.4 Å². The third-order valence-electron chi connectivity index (χ3n) is 5.41. The lowest BCUT2D eigenvalue weighted by Gasteiger charge is -2.22. The van der Waals surface area contributed by atoms with Crippen LogP contribution < -0.4 is 5.56 Å². The van der Waals surface area contributed by atoms with Gasteiger partial charge < -0.3 is 9.47 Å². The number of para-hydroxylation sites is 1. The zero-order valence-corrected chi connectivity index (χ0v) is 16.8. The normalized spacial score (nSPS) is 20.5. The molecule has 1 aromatic carbocycles. The van der Waals surface area contributed by atoms with E-state index in [1.807, 2.05) is 18.2 Å². The first-order valence-electron chi connectivity index (χ1n) is 10.1. The minimum Gasteiger partial charge on any atom is -0.462 e. The van der Waals surface area contributed by atoms with E-state index in [1.165, 1.54) is 18.2 Å². The van der Waals surface area contributed by atoms with Crippen LogP contribution in [0.2, 0.25) is 0 Å². The Bertz CT molecular complexity index is 886. The van der Waals surface area contributed by atoms with Gasteiger partial charge >= 0.3 is 5.97 Å². The molecule has 1 aliphatic heterocycles. The number of thioether (sulfide) groups is 1. The number of ether oxygens (including phenoxy) is 2. The molecule has 0 radical (unpaired) electrons. The van der Waals surface area contributed by atoms with Crippen molar-refractivity contribution in [2.45, 2.75) is 68.9 Å². The number of rotatable bonds is 6. The molecule has 4 rings (SSSR count). The van der Waals surface area contributed by atoms with Gasteiger partial charge in [0.2, 0.25) is 0 Å². The molecule has 6 nitrogen and oxygen atoms in total. The zero-order valence-electron chi connectivity index (χ0n) is 16.0. The molecule has 0 bridgehead atoms. The van der Waals surface area contributed by atoms with Gasteiger partial charge in [-0.1, -0.05) is 30.3 Å². The average Bonchev–Trinajstić information content (AvgIpc) is 3.23. The van der Waals surface area contributed by atoms with Gasteiger partial charge in [-0.3, -0.25) is 14.2 Å². The molecule has 1 unspecified atom stereocenters. The minimum atomic E-state index is -0.233. The molecule has 1 aliphatic carbocycles. The zero-order chi connectivity index (χ0) is 19.3. The van der Waals surface area contributed by atoms with Gasteiger partial charge in [0, 0.05) is 6.61 Å². The van der Waals surface area contributed by atoms with Crippen LogP contribution in [0.4, 0.5) is 0 Å². The second-order valence-electron chi connectivity index (χ2n) is 7.50. The second kappa shape index (κ2) is 9.09. The summed E-state index contributed by atoms with van der Waals surface area (Å²) in [6.07, 6.45) is 7.39. The predicted molar refractivity (Wildman–Crippen MR) is 109 cm³/mol. The van der Waals surface area contributed by atoms with Gasteiger partial charge in [-0.25, -0.2) is 4.98 Å². The summed E-state index contributed by atoms with van der Waals surface area (Å²) in [6.45, 7) is 1.20. The molecule has 28 heavy (non-hydrogen) atoms. The number of nitrogens with zero attached hydrogens (tertiary/aromatic N) is 2. The summed E-state index contributed by atoms with van der Waals surface area (Å²) in [5.41, 5.74) is 0.573. The molecule has 2 aromatic rings. The summed E-state index contributed by atoms with van der Waals surface area (Å²) in [7, 11) is 0. The molecule has 1 saturated heterocycles. The number of hydrogen-bond donors (Lipinski definition) is 0. The molecule has 2 fully saturated rings. The van der Waals surface area contributed by atoms with E-state index in [2.05, 4.69) is 4.98 Å². The van der Waals surface area contributed by atoms with Gasteiger partial charge in [0.1, 0.15) is 6.10 Å². The first-order valence-corrected chi connectivity index (χ1v) is 11.1. The third kappa shape index (κ3) is 4.58. The van der Waals surface area contributed by atoms with Gasteiger partial charge in [-0.15, -0.1) is 0 Å². The molecule has 1 saturated carbocycles. The van der Waals surface area contributed by atoms with Gasteiger partial charge in [0.25, 0.3) is 5.56 Å². The molecular weight excluding hydrogens is 376 g/mol. The number of fused-ring (bicyclic) bond motifs is 1. The quantitative estimate of drug-likeness (QED) is 0.418. The highest BCUT2D eigenvalue weighted by molar-refractivity contribution is 7.99. The molecule has 1 atom stereocenters. The van der Waals surface area contributed by atoms with Gasteiger partial charge in [-0.05, 0) is 50.7 Å². The fourth-order valence-corrected chi connectivity index (χ4v) is 4.73. The molecule has 1 aromatic heterocycles. The molecule has 7 heteroatoms. The number of hydrogen-bond acceptors (Lipinski definition) is 6. The largest absolute Gasteiger partial charge is 0.462 e. The van der Waals surface area contributed by atoms with Crippen LogP contribution in [-0.4, -0.2) is 40.1 Å². The number of carbonyl (C=O) groups excluding carboxylic acids is 1. The van der Waals surface area contributed by atoms with Gasteiger partial charge in [-0.2, -0.15) is 0 Å². The summed E-state index contributed by atoms with van der Waals surface area (Å²) < 4.78 is 13.0. The summed E-state index contributed by atoms with van der Waals surface area (Å²) in [6, 6.07) is 7.33. The Balaban J connectivity index is 1.52. The van der Waals surface area contributed by atoms with Crippen molar-refractivity contribution in [2.24, 2.45) is 0 Å². The van der Waals surface area contributed by atoms with E-state index in [0.29, 0.717) is 22.6 Å². The Morgan fingerprint density at radius 3 is 2.79 bits per heavy atom. The lowest BCUT2D eigenvalue weighted by Crippen LogP contribution is -2.29. The molecule has 0 spiro atoms. The van der Waals surface area contributed by atoms with Crippen LogP contribution in [0.15, 0.2) is 34.2 Å². The molecule has 0 amide bonds. The van der Waals surface area contributed by atoms with Crippen molar-refractivity contribution in [3.63, 3.8) is 0 Å². The van der Waals surface area contributed by atoms with E-state index in [4.69, 9.17) is 9.47 Å². The van der Waals surface area contributed by atoms with Crippen LogP contribution in [0.1, 0.15) is 44.9 Å². The molecule has 0 N–H and O–H groups in total. The van der Waals surface area contributed by atoms with Crippen LogP contribution in [-0.2, 0) is 20.8 Å². The second-order valence-corrected chi connectivity index (χ2v) is 8.44. The Kier molecular flexibility index (Phi) is 6.32. The van der Waals surface area contributed by atoms with Crippen LogP contribution in [0.3, 0.4) is 0 Å². The van der Waals surface area contributed by atoms with Crippen LogP contribution in [0.25, 0.3) is 10.9 Å². The highest BCUT2D eigenvalue weighted by atomic mass is 32.2. The Hall–Kier alpha value is -1.86. The maximum atomic E-state index is 13.0.